The summed E-state index contributed by atoms with van der Waals surface area (Å²) in [5.74, 6) is 0.929. The maximum Gasteiger partial charge on any atom is 0.406 e. The van der Waals surface area contributed by atoms with Gasteiger partial charge in [-0.3, -0.25) is 4.79 Å². The van der Waals surface area contributed by atoms with Crippen LogP contribution in [0.25, 0.3) is 27.9 Å². The third-order valence-electron chi connectivity index (χ3n) is 6.10. The average molecular weight is 504 g/mol. The van der Waals surface area contributed by atoms with Crippen molar-refractivity contribution in [2.75, 3.05) is 18.1 Å². The first kappa shape index (κ1) is 25.2. The lowest BCUT2D eigenvalue weighted by atomic mass is 9.78. The molecule has 1 aliphatic rings. The molecule has 0 bridgehead atoms. The topological polar surface area (TPSA) is 128 Å². The number of aryl methyl sites for hydroxylation is 1. The predicted molar refractivity (Wildman–Crippen MR) is 130 cm³/mol. The first-order valence-electron chi connectivity index (χ1n) is 11.4. The second-order valence-corrected chi connectivity index (χ2v) is 9.09. The van der Waals surface area contributed by atoms with E-state index in [4.69, 9.17) is 5.73 Å². The molecule has 1 aliphatic carbocycles. The number of pyridine rings is 1. The van der Waals surface area contributed by atoms with Gasteiger partial charge in [0, 0.05) is 31.3 Å². The van der Waals surface area contributed by atoms with Crippen LogP contribution >= 0.6 is 0 Å². The zero-order valence-electron chi connectivity index (χ0n) is 20.4. The molecule has 0 unspecified atom stereocenters. The Bertz CT molecular complexity index is 1420. The number of carbonyl (C=O) groups excluding carboxylic acids is 1. The number of nitrogen functional groups attached to an aromatic ring is 1. The molecule has 0 saturated heterocycles. The quantitative estimate of drug-likeness (QED) is 0.387. The Morgan fingerprint density at radius 3 is 2.47 bits per heavy atom. The van der Waals surface area contributed by atoms with Gasteiger partial charge in [0.05, 0.1) is 5.69 Å². The summed E-state index contributed by atoms with van der Waals surface area (Å²) in [6, 6.07) is 5.12. The zero-order chi connectivity index (χ0) is 26.3. The summed E-state index contributed by atoms with van der Waals surface area (Å²) in [4.78, 5) is 23.3. The van der Waals surface area contributed by atoms with Gasteiger partial charge in [0.2, 0.25) is 11.9 Å². The number of fused-ring (bicyclic) bond motifs is 2. The third kappa shape index (κ3) is 5.19. The highest BCUT2D eigenvalue weighted by molar-refractivity contribution is 5.89. The summed E-state index contributed by atoms with van der Waals surface area (Å²) < 4.78 is 41.4. The first-order valence-corrected chi connectivity index (χ1v) is 11.4. The van der Waals surface area contributed by atoms with Crippen molar-refractivity contribution in [1.82, 2.24) is 34.4 Å². The van der Waals surface area contributed by atoms with E-state index in [-0.39, 0.29) is 28.9 Å². The Kier molecular flexibility index (Phi) is 6.50. The van der Waals surface area contributed by atoms with Gasteiger partial charge in [-0.05, 0) is 51.3 Å². The van der Waals surface area contributed by atoms with Crippen LogP contribution in [0.2, 0.25) is 0 Å². The van der Waals surface area contributed by atoms with Crippen molar-refractivity contribution in [3.8, 4) is 11.3 Å². The van der Waals surface area contributed by atoms with Gasteiger partial charge in [0.1, 0.15) is 23.4 Å². The van der Waals surface area contributed by atoms with Crippen LogP contribution in [0.1, 0.15) is 38.9 Å². The second kappa shape index (κ2) is 9.28. The van der Waals surface area contributed by atoms with E-state index in [0.29, 0.717) is 28.1 Å². The highest BCUT2D eigenvalue weighted by Gasteiger charge is 2.32. The maximum absolute atomic E-state index is 12.9. The highest BCUT2D eigenvalue weighted by atomic mass is 19.4. The molecule has 1 fully saturated rings. The lowest BCUT2D eigenvalue weighted by Crippen LogP contribution is -2.50. The molecule has 5 rings (SSSR count). The molecule has 0 spiro atoms. The van der Waals surface area contributed by atoms with Crippen LogP contribution in [0.15, 0.2) is 24.4 Å². The van der Waals surface area contributed by atoms with Crippen molar-refractivity contribution >= 4 is 34.4 Å². The largest absolute Gasteiger partial charge is 0.406 e. The molecule has 1 amide bonds. The van der Waals surface area contributed by atoms with Crippen LogP contribution < -0.4 is 16.4 Å². The van der Waals surface area contributed by atoms with E-state index in [9.17, 15) is 18.0 Å². The summed E-state index contributed by atoms with van der Waals surface area (Å²) >= 11 is 0. The highest BCUT2D eigenvalue weighted by Crippen LogP contribution is 2.31. The maximum atomic E-state index is 12.9. The number of hydrogen-bond donors (Lipinski definition) is 3. The van der Waals surface area contributed by atoms with E-state index in [0.717, 1.165) is 17.4 Å². The number of halogens is 3. The number of hydrogen-bond acceptors (Lipinski definition) is 7. The number of nitrogens with one attached hydrogen (secondary N) is 2. The van der Waals surface area contributed by atoms with Crippen LogP contribution in [0.5, 0.6) is 0 Å². The normalized spacial score (nSPS) is 14.8. The van der Waals surface area contributed by atoms with Gasteiger partial charge in [-0.15, -0.1) is 5.10 Å². The van der Waals surface area contributed by atoms with Gasteiger partial charge in [-0.2, -0.15) is 18.2 Å². The Morgan fingerprint density at radius 1 is 1.19 bits per heavy atom. The number of nitrogens with zero attached hydrogens (tertiary/aromatic N) is 6. The first-order chi connectivity index (χ1) is 16.9. The summed E-state index contributed by atoms with van der Waals surface area (Å²) in [5, 5.41) is 9.97. The zero-order valence-corrected chi connectivity index (χ0v) is 20.4. The fourth-order valence-electron chi connectivity index (χ4n) is 4.31. The number of anilines is 2. The van der Waals surface area contributed by atoms with E-state index in [1.54, 1.807) is 42.9 Å². The summed E-state index contributed by atoms with van der Waals surface area (Å²) in [6.45, 7) is 4.04. The molecule has 0 radical (unpaired) electrons. The second-order valence-electron chi connectivity index (χ2n) is 9.09. The van der Waals surface area contributed by atoms with E-state index in [1.165, 1.54) is 13.3 Å². The molecule has 4 N–H and O–H groups in total. The SMILES string of the molecule is CC(=O)NC1(C)CCC1.CNc1nc(N)nn2ccc(-c3ccc4nc(C)n(CC(F)(F)F)c4n3)c12. The van der Waals surface area contributed by atoms with Gasteiger partial charge >= 0.3 is 6.18 Å². The smallest absolute Gasteiger partial charge is 0.371 e. The monoisotopic (exact) mass is 503 g/mol. The van der Waals surface area contributed by atoms with Crippen molar-refractivity contribution in [1.29, 1.82) is 0 Å². The number of alkyl halides is 3. The summed E-state index contributed by atoms with van der Waals surface area (Å²) in [6.07, 6.45) is 0.868. The molecule has 0 atom stereocenters. The van der Waals surface area contributed by atoms with Gasteiger partial charge < -0.3 is 20.9 Å². The van der Waals surface area contributed by atoms with E-state index < -0.39 is 12.7 Å². The fourth-order valence-corrected chi connectivity index (χ4v) is 4.31. The molecule has 0 aliphatic heterocycles. The molecule has 13 heteroatoms. The van der Waals surface area contributed by atoms with Crippen molar-refractivity contribution < 1.29 is 18.0 Å². The van der Waals surface area contributed by atoms with Gasteiger partial charge in [0.15, 0.2) is 11.5 Å². The molecule has 36 heavy (non-hydrogen) atoms. The van der Waals surface area contributed by atoms with Crippen LogP contribution in [0.4, 0.5) is 24.9 Å². The number of nitrogens with two attached hydrogens (primary N) is 1. The fraction of sp³-hybridized carbons (Fsp3) is 0.435. The van der Waals surface area contributed by atoms with Crippen molar-refractivity contribution in [2.45, 2.75) is 58.3 Å². The van der Waals surface area contributed by atoms with E-state index in [1.807, 2.05) is 0 Å². The molecule has 0 aromatic carbocycles. The molecule has 192 valence electrons. The number of amides is 1. The Labute approximate surface area is 205 Å². The lowest BCUT2D eigenvalue weighted by Gasteiger charge is -2.38. The standard InChI is InChI=1S/C16H15F3N8.C7H13NO/c1-8-22-11-4-3-10(23-14(11)26(8)7-16(17,18)19)9-5-6-27-12(9)13(21-2)24-15(20)25-27;1-6(9)8-7(2)4-3-5-7/h3-6H,7H2,1-2H3,(H3,20,21,24,25);3-5H2,1-2H3,(H,8,9). The molecule has 4 aromatic rings. The minimum absolute atomic E-state index is 0.0938. The molecule has 10 nitrogen and oxygen atoms in total. The number of carbonyl (C=O) groups is 1. The molecular weight excluding hydrogens is 475 g/mol. The Balaban J connectivity index is 0.000000286. The minimum Gasteiger partial charge on any atom is -0.371 e. The molecular formula is C23H28F3N9O. The van der Waals surface area contributed by atoms with E-state index in [2.05, 4.69) is 37.6 Å². The lowest BCUT2D eigenvalue weighted by molar-refractivity contribution is -0.140. The van der Waals surface area contributed by atoms with Gasteiger partial charge in [0.25, 0.3) is 0 Å². The number of rotatable bonds is 4. The predicted octanol–water partition coefficient (Wildman–Crippen LogP) is 3.70. The van der Waals surface area contributed by atoms with Crippen molar-refractivity contribution in [3.63, 3.8) is 0 Å². The minimum atomic E-state index is -4.37. The van der Waals surface area contributed by atoms with Gasteiger partial charge in [-0.25, -0.2) is 14.5 Å². The van der Waals surface area contributed by atoms with Crippen LogP contribution in [0.3, 0.4) is 0 Å². The summed E-state index contributed by atoms with van der Waals surface area (Å²) in [7, 11) is 1.69. The Morgan fingerprint density at radius 2 is 1.92 bits per heavy atom. The number of imidazole rings is 1. The molecule has 1 saturated carbocycles. The van der Waals surface area contributed by atoms with Crippen LogP contribution in [-0.2, 0) is 11.3 Å². The Hall–Kier alpha value is -3.90. The van der Waals surface area contributed by atoms with E-state index >= 15 is 0 Å². The van der Waals surface area contributed by atoms with Crippen molar-refractivity contribution in [3.05, 3.63) is 30.2 Å². The van der Waals surface area contributed by atoms with Crippen LogP contribution in [0, 0.1) is 6.92 Å². The number of aromatic nitrogens is 6. The van der Waals surface area contributed by atoms with Gasteiger partial charge in [-0.1, -0.05) is 0 Å². The third-order valence-corrected chi connectivity index (χ3v) is 6.10. The van der Waals surface area contributed by atoms with Crippen LogP contribution in [-0.4, -0.2) is 53.8 Å². The molecule has 4 heterocycles. The molecule has 4 aromatic heterocycles. The average Bonchev–Trinajstić information content (AvgIpc) is 3.31. The van der Waals surface area contributed by atoms with Crippen molar-refractivity contribution in [2.24, 2.45) is 0 Å². The summed E-state index contributed by atoms with van der Waals surface area (Å²) in [5.41, 5.74) is 8.18.